The van der Waals surface area contributed by atoms with Gasteiger partial charge in [0.2, 0.25) is 0 Å². The predicted molar refractivity (Wildman–Crippen MR) is 152 cm³/mol. The Bertz CT molecular complexity index is 1540. The molecule has 0 aliphatic rings. The van der Waals surface area contributed by atoms with Gasteiger partial charge in [0.1, 0.15) is 11.6 Å². The molecule has 6 nitrogen and oxygen atoms in total. The zero-order valence-corrected chi connectivity index (χ0v) is 21.3. The molecular formula is C29H28N5OP. The first-order valence-corrected chi connectivity index (χ1v) is 13.2. The maximum absolute atomic E-state index is 9.53. The molecule has 7 heteroatoms. The lowest BCUT2D eigenvalue weighted by Crippen LogP contribution is -2.08. The third kappa shape index (κ3) is 4.95. The van der Waals surface area contributed by atoms with E-state index in [1.165, 1.54) is 5.56 Å². The molecule has 5 aromatic rings. The van der Waals surface area contributed by atoms with Crippen molar-refractivity contribution in [1.82, 2.24) is 14.6 Å². The van der Waals surface area contributed by atoms with Crippen LogP contribution in [0.1, 0.15) is 16.7 Å². The first-order chi connectivity index (χ1) is 17.5. The van der Waals surface area contributed by atoms with Gasteiger partial charge < -0.3 is 15.7 Å². The first kappa shape index (κ1) is 23.6. The predicted octanol–water partition coefficient (Wildman–Crippen LogP) is 6.04. The summed E-state index contributed by atoms with van der Waals surface area (Å²) in [5.74, 6) is 1.13. The second-order valence-corrected chi connectivity index (χ2v) is 9.63. The van der Waals surface area contributed by atoms with Crippen molar-refractivity contribution in [2.45, 2.75) is 13.5 Å². The summed E-state index contributed by atoms with van der Waals surface area (Å²) in [4.78, 5) is 4.97. The molecule has 1 unspecified atom stereocenters. The molecule has 0 saturated carbocycles. The van der Waals surface area contributed by atoms with Gasteiger partial charge in [-0.1, -0.05) is 51.6 Å². The first-order valence-electron chi connectivity index (χ1n) is 11.7. The van der Waals surface area contributed by atoms with Crippen LogP contribution in [-0.2, 0) is 6.54 Å². The quantitative estimate of drug-likeness (QED) is 0.230. The molecule has 2 aromatic heterocycles. The van der Waals surface area contributed by atoms with Crippen molar-refractivity contribution >= 4 is 36.7 Å². The number of nitrogens with one attached hydrogen (secondary N) is 2. The molecule has 0 amide bonds. The maximum atomic E-state index is 9.53. The summed E-state index contributed by atoms with van der Waals surface area (Å²) in [6, 6.07) is 25.6. The minimum atomic E-state index is 0.235. The summed E-state index contributed by atoms with van der Waals surface area (Å²) in [6.45, 7) is 9.02. The average Bonchev–Trinajstić information content (AvgIpc) is 3.31. The summed E-state index contributed by atoms with van der Waals surface area (Å²) in [6.07, 6.45) is 1.91. The lowest BCUT2D eigenvalue weighted by Gasteiger charge is -2.14. The molecule has 36 heavy (non-hydrogen) atoms. The third-order valence-electron chi connectivity index (χ3n) is 6.07. The second-order valence-electron chi connectivity index (χ2n) is 8.59. The summed E-state index contributed by atoms with van der Waals surface area (Å²) in [5.41, 5.74) is 7.88. The Kier molecular flexibility index (Phi) is 6.70. The maximum Gasteiger partial charge on any atom is 0.165 e. The number of phenols is 1. The van der Waals surface area contributed by atoms with Crippen molar-refractivity contribution in [3.05, 3.63) is 108 Å². The summed E-state index contributed by atoms with van der Waals surface area (Å²) in [7, 11) is 0.610. The van der Waals surface area contributed by atoms with E-state index in [0.29, 0.717) is 15.1 Å². The minimum absolute atomic E-state index is 0.235. The van der Waals surface area contributed by atoms with Crippen molar-refractivity contribution in [3.8, 4) is 17.0 Å². The van der Waals surface area contributed by atoms with Gasteiger partial charge in [-0.25, -0.2) is 4.98 Å². The van der Waals surface area contributed by atoms with Gasteiger partial charge >= 0.3 is 0 Å². The van der Waals surface area contributed by atoms with Crippen LogP contribution in [0.5, 0.6) is 5.75 Å². The number of benzene rings is 3. The number of rotatable bonds is 8. The Labute approximate surface area is 212 Å². The van der Waals surface area contributed by atoms with Crippen LogP contribution < -0.4 is 15.9 Å². The molecule has 3 N–H and O–H groups in total. The van der Waals surface area contributed by atoms with Crippen LogP contribution in [0.2, 0.25) is 0 Å². The highest BCUT2D eigenvalue weighted by molar-refractivity contribution is 7.46. The van der Waals surface area contributed by atoms with Crippen molar-refractivity contribution < 1.29 is 5.11 Å². The molecule has 0 bridgehead atoms. The third-order valence-corrected chi connectivity index (χ3v) is 6.97. The van der Waals surface area contributed by atoms with Gasteiger partial charge in [0.15, 0.2) is 5.65 Å². The molecule has 0 spiro atoms. The number of aryl methyl sites for hydroxylation is 1. The molecular weight excluding hydrogens is 465 g/mol. The molecule has 3 aromatic carbocycles. The fraction of sp³-hybridized carbons (Fsp3) is 0.103. The summed E-state index contributed by atoms with van der Waals surface area (Å²) < 4.78 is 1.89. The SMILES string of the molecule is C=C(Nc1cccc(CNc2cc(-c3ccccc3C)nc3c(PC)cnn23)c1)c1ccc(O)cc1. The van der Waals surface area contributed by atoms with Crippen LogP contribution in [0.15, 0.2) is 91.6 Å². The molecule has 0 saturated heterocycles. The Morgan fingerprint density at radius 3 is 2.61 bits per heavy atom. The van der Waals surface area contributed by atoms with E-state index in [4.69, 9.17) is 4.98 Å². The highest BCUT2D eigenvalue weighted by atomic mass is 31.1. The number of anilines is 2. The monoisotopic (exact) mass is 493 g/mol. The highest BCUT2D eigenvalue weighted by Crippen LogP contribution is 2.26. The van der Waals surface area contributed by atoms with Crippen molar-refractivity contribution in [1.29, 1.82) is 0 Å². The number of hydrogen-bond acceptors (Lipinski definition) is 5. The Balaban J connectivity index is 1.40. The van der Waals surface area contributed by atoms with Crippen LogP contribution in [-0.4, -0.2) is 26.4 Å². The van der Waals surface area contributed by atoms with E-state index < -0.39 is 0 Å². The van der Waals surface area contributed by atoms with Crippen LogP contribution in [0.4, 0.5) is 11.5 Å². The Morgan fingerprint density at radius 1 is 1.03 bits per heavy atom. The van der Waals surface area contributed by atoms with Crippen LogP contribution in [0.25, 0.3) is 22.6 Å². The number of fused-ring (bicyclic) bond motifs is 1. The van der Waals surface area contributed by atoms with Crippen LogP contribution in [0.3, 0.4) is 0 Å². The number of nitrogens with zero attached hydrogens (tertiary/aromatic N) is 3. The van der Waals surface area contributed by atoms with Crippen molar-refractivity contribution in [2.24, 2.45) is 0 Å². The molecule has 0 aliphatic heterocycles. The number of hydrogen-bond donors (Lipinski definition) is 3. The van der Waals surface area contributed by atoms with Gasteiger partial charge in [0.05, 0.1) is 11.9 Å². The van der Waals surface area contributed by atoms with E-state index in [0.717, 1.165) is 50.5 Å². The van der Waals surface area contributed by atoms with Gasteiger partial charge in [0.25, 0.3) is 0 Å². The van der Waals surface area contributed by atoms with Gasteiger partial charge in [-0.2, -0.15) is 9.61 Å². The Morgan fingerprint density at radius 2 is 1.83 bits per heavy atom. The van der Waals surface area contributed by atoms with E-state index >= 15 is 0 Å². The summed E-state index contributed by atoms with van der Waals surface area (Å²) >= 11 is 0. The fourth-order valence-electron chi connectivity index (χ4n) is 4.12. The van der Waals surface area contributed by atoms with Crippen LogP contribution >= 0.6 is 8.58 Å². The van der Waals surface area contributed by atoms with E-state index in [1.807, 2.05) is 47.1 Å². The normalized spacial score (nSPS) is 11.3. The van der Waals surface area contributed by atoms with Crippen molar-refractivity contribution in [2.75, 3.05) is 17.3 Å². The second kappa shape index (κ2) is 10.2. The lowest BCUT2D eigenvalue weighted by molar-refractivity contribution is 0.475. The molecule has 0 aliphatic carbocycles. The number of phenolic OH excluding ortho intramolecular Hbond substituents is 1. The molecule has 1 atom stereocenters. The number of aromatic hydroxyl groups is 1. The molecule has 2 heterocycles. The largest absolute Gasteiger partial charge is 0.508 e. The summed E-state index contributed by atoms with van der Waals surface area (Å²) in [5, 5.41) is 22.2. The zero-order valence-electron chi connectivity index (χ0n) is 20.3. The van der Waals surface area contributed by atoms with Crippen LogP contribution in [0, 0.1) is 6.92 Å². The Hall–Kier alpha value is -4.15. The molecule has 0 radical (unpaired) electrons. The number of aromatic nitrogens is 3. The zero-order chi connectivity index (χ0) is 25.1. The van der Waals surface area contributed by atoms with Gasteiger partial charge in [-0.15, -0.1) is 0 Å². The smallest absolute Gasteiger partial charge is 0.165 e. The van der Waals surface area contributed by atoms with E-state index in [9.17, 15) is 5.11 Å². The topological polar surface area (TPSA) is 74.5 Å². The van der Waals surface area contributed by atoms with E-state index in [-0.39, 0.29) is 5.75 Å². The minimum Gasteiger partial charge on any atom is -0.508 e. The van der Waals surface area contributed by atoms with Gasteiger partial charge in [-0.05, 0) is 66.7 Å². The molecule has 0 fully saturated rings. The van der Waals surface area contributed by atoms with E-state index in [2.05, 4.69) is 66.2 Å². The standard InChI is InChI=1S/C29H28N5OP/c1-19-7-4-5-10-25(19)26-16-28(34-29(33-26)27(36-3)18-31-34)30-17-21-8-6-9-23(15-21)32-20(2)22-11-13-24(35)14-12-22/h4-16,18,30,32,35-36H,2,17H2,1,3H3. The van der Waals surface area contributed by atoms with E-state index in [1.54, 1.807) is 12.1 Å². The fourth-order valence-corrected chi connectivity index (χ4v) is 4.70. The van der Waals surface area contributed by atoms with Gasteiger partial charge in [0, 0.05) is 34.9 Å². The molecule has 180 valence electrons. The van der Waals surface area contributed by atoms with Crippen molar-refractivity contribution in [3.63, 3.8) is 0 Å². The lowest BCUT2D eigenvalue weighted by atomic mass is 10.1. The highest BCUT2D eigenvalue weighted by Gasteiger charge is 2.13. The van der Waals surface area contributed by atoms with Gasteiger partial charge in [-0.3, -0.25) is 0 Å². The average molecular weight is 494 g/mol. The molecule has 5 rings (SSSR count).